The molecule has 2 amide bonds. The minimum absolute atomic E-state index is 0.0382. The van der Waals surface area contributed by atoms with Gasteiger partial charge < -0.3 is 15.0 Å². The average Bonchev–Trinajstić information content (AvgIpc) is 3.39. The fourth-order valence-corrected chi connectivity index (χ4v) is 6.69. The molecule has 2 atom stereocenters. The lowest BCUT2D eigenvalue weighted by atomic mass is 10.00. The summed E-state index contributed by atoms with van der Waals surface area (Å²) in [5.74, 6) is 0.408. The van der Waals surface area contributed by atoms with Gasteiger partial charge in [0.2, 0.25) is 11.8 Å². The van der Waals surface area contributed by atoms with Crippen LogP contribution in [0.5, 0.6) is 0 Å². The van der Waals surface area contributed by atoms with Crippen molar-refractivity contribution >= 4 is 53.0 Å². The number of aliphatic hydroxyl groups excluding tert-OH is 1. The minimum Gasteiger partial charge on any atom is -0.390 e. The zero-order valence-electron chi connectivity index (χ0n) is 27.1. The summed E-state index contributed by atoms with van der Waals surface area (Å²) in [6.45, 7) is 2.76. The summed E-state index contributed by atoms with van der Waals surface area (Å²) in [7, 11) is 0. The smallest absolute Gasteiger partial charge is 0.268 e. The number of hydrogen-bond donors (Lipinski definition) is 4. The quantitative estimate of drug-likeness (QED) is 0.0522. The molecule has 0 bridgehead atoms. The van der Waals surface area contributed by atoms with Crippen molar-refractivity contribution in [3.05, 3.63) is 107 Å². The number of anilines is 1. The van der Waals surface area contributed by atoms with Crippen molar-refractivity contribution in [1.82, 2.24) is 14.9 Å². The van der Waals surface area contributed by atoms with Gasteiger partial charge in [-0.05, 0) is 48.4 Å². The second kappa shape index (κ2) is 18.9. The van der Waals surface area contributed by atoms with Crippen LogP contribution in [-0.4, -0.2) is 47.5 Å². The van der Waals surface area contributed by atoms with E-state index >= 15 is 0 Å². The maximum Gasteiger partial charge on any atom is 0.268 e. The molecule has 2 unspecified atom stereocenters. The number of halogens is 1. The van der Waals surface area contributed by atoms with E-state index in [1.165, 1.54) is 0 Å². The molecule has 0 aliphatic heterocycles. The van der Waals surface area contributed by atoms with Gasteiger partial charge in [0.1, 0.15) is 5.82 Å². The largest absolute Gasteiger partial charge is 0.390 e. The number of hydrogen-bond acceptors (Lipinski definition) is 6. The van der Waals surface area contributed by atoms with Gasteiger partial charge in [-0.2, -0.15) is 12.6 Å². The van der Waals surface area contributed by atoms with Gasteiger partial charge in [-0.1, -0.05) is 97.7 Å². The number of thiol groups is 1. The summed E-state index contributed by atoms with van der Waals surface area (Å²) >= 11 is 8.08. The third kappa shape index (κ3) is 10.0. The first kappa shape index (κ1) is 37.3. The van der Waals surface area contributed by atoms with E-state index in [4.69, 9.17) is 11.6 Å². The summed E-state index contributed by atoms with van der Waals surface area (Å²) in [5.41, 5.74) is 4.33. The number of imidazole rings is 1. The van der Waals surface area contributed by atoms with E-state index in [0.717, 1.165) is 46.1 Å². The van der Waals surface area contributed by atoms with Crippen LogP contribution in [0.3, 0.4) is 0 Å². The van der Waals surface area contributed by atoms with Gasteiger partial charge in [-0.15, -0.1) is 0 Å². The van der Waals surface area contributed by atoms with Crippen molar-refractivity contribution < 1.29 is 23.5 Å². The van der Waals surface area contributed by atoms with Crippen molar-refractivity contribution in [1.29, 1.82) is 0 Å². The first-order valence-electron chi connectivity index (χ1n) is 16.2. The Morgan fingerprint density at radius 2 is 1.71 bits per heavy atom. The molecule has 0 aliphatic rings. The zero-order valence-corrected chi connectivity index (χ0v) is 29.5. The topological polar surface area (TPSA) is 125 Å². The molecule has 1 aromatic heterocycles. The number of aromatic nitrogens is 2. The van der Waals surface area contributed by atoms with Crippen molar-refractivity contribution in [2.75, 3.05) is 16.6 Å². The number of benzene rings is 3. The molecule has 0 fully saturated rings. The normalized spacial score (nSPS) is 12.4. The third-order valence-electron chi connectivity index (χ3n) is 8.15. The summed E-state index contributed by atoms with van der Waals surface area (Å²) in [5, 5.41) is 13.2. The summed E-state index contributed by atoms with van der Waals surface area (Å²) < 4.78 is 25.6. The number of nitrogens with one attached hydrogen (secondary N) is 1. The lowest BCUT2D eigenvalue weighted by molar-refractivity contribution is -0.124. The fourth-order valence-electron chi connectivity index (χ4n) is 5.54. The van der Waals surface area contributed by atoms with Crippen LogP contribution in [0.25, 0.3) is 11.1 Å². The summed E-state index contributed by atoms with van der Waals surface area (Å²) in [6, 6.07) is 24.5. The maximum atomic E-state index is 13.3. The van der Waals surface area contributed by atoms with Gasteiger partial charge in [-0.3, -0.25) is 14.1 Å². The average molecular weight is 711 g/mol. The van der Waals surface area contributed by atoms with Crippen LogP contribution >= 0.6 is 24.2 Å². The number of carbonyl (C=O) groups excluding carboxylic acids is 2. The van der Waals surface area contributed by atoms with Crippen LogP contribution in [-0.2, 0) is 46.8 Å². The highest BCUT2D eigenvalue weighted by Gasteiger charge is 2.24. The molecule has 3 N–H and O–H groups in total. The van der Waals surface area contributed by atoms with Crippen LogP contribution in [0.2, 0.25) is 5.15 Å². The van der Waals surface area contributed by atoms with Crippen LogP contribution < -0.4 is 9.62 Å². The Balaban J connectivity index is 1.38. The first-order chi connectivity index (χ1) is 23.3. The van der Waals surface area contributed by atoms with E-state index in [1.807, 2.05) is 71.3 Å². The molecule has 4 rings (SSSR count). The van der Waals surface area contributed by atoms with Crippen molar-refractivity contribution in [3.63, 3.8) is 0 Å². The Kier molecular flexibility index (Phi) is 14.7. The molecule has 0 spiro atoms. The SMILES string of the molecule is CCCCc1nc(Cl)c(CO)n1Cc1ccc(-c2ccccc2N(C(=O)CCCCNC(=O)C(CS)Cc2ccccc2)S(=O)O)cc1. The number of amides is 2. The Morgan fingerprint density at radius 1 is 1.00 bits per heavy atom. The molecular formula is C36H43ClN4O5S2. The standard InChI is InChI=1S/C36H43ClN4O5S2/c1-2-3-15-33-39-35(37)32(24-42)40(33)23-27-17-19-28(20-18-27)30-13-7-8-14-31(30)41(48(45)46)34(43)16-9-10-21-38-36(44)29(25-47)22-26-11-5-4-6-12-26/h4-8,11-14,17-20,29,42,47H,2-3,9-10,15-16,21-25H2,1H3,(H,38,44)(H,45,46). The molecule has 1 heterocycles. The highest BCUT2D eigenvalue weighted by molar-refractivity contribution is 7.81. The molecular weight excluding hydrogens is 668 g/mol. The Bertz CT molecular complexity index is 1670. The lowest BCUT2D eigenvalue weighted by Gasteiger charge is -2.21. The molecule has 12 heteroatoms. The van der Waals surface area contributed by atoms with Crippen LogP contribution in [0, 0.1) is 5.92 Å². The van der Waals surface area contributed by atoms with E-state index in [1.54, 1.807) is 12.1 Å². The first-order valence-corrected chi connectivity index (χ1v) is 18.2. The predicted molar refractivity (Wildman–Crippen MR) is 195 cm³/mol. The van der Waals surface area contributed by atoms with Crippen molar-refractivity contribution in [3.8, 4) is 11.1 Å². The molecule has 0 saturated carbocycles. The van der Waals surface area contributed by atoms with E-state index in [0.29, 0.717) is 60.2 Å². The van der Waals surface area contributed by atoms with Crippen LogP contribution in [0.15, 0.2) is 78.9 Å². The molecule has 0 aliphatic carbocycles. The number of carbonyl (C=O) groups is 2. The number of rotatable bonds is 18. The summed E-state index contributed by atoms with van der Waals surface area (Å²) in [6.07, 6.45) is 4.33. The van der Waals surface area contributed by atoms with E-state index in [-0.39, 0.29) is 24.9 Å². The molecule has 256 valence electrons. The van der Waals surface area contributed by atoms with Crippen molar-refractivity contribution in [2.24, 2.45) is 5.92 Å². The second-order valence-corrected chi connectivity index (χ2v) is 13.1. The van der Waals surface area contributed by atoms with Gasteiger partial charge in [0.15, 0.2) is 5.15 Å². The Hall–Kier alpha value is -3.48. The molecule has 3 aromatic carbocycles. The highest BCUT2D eigenvalue weighted by atomic mass is 35.5. The molecule has 9 nitrogen and oxygen atoms in total. The Morgan fingerprint density at radius 3 is 2.38 bits per heavy atom. The number of unbranched alkanes of at least 4 members (excludes halogenated alkanes) is 2. The van der Waals surface area contributed by atoms with Gasteiger partial charge in [0.05, 0.1) is 23.9 Å². The van der Waals surface area contributed by atoms with Crippen LogP contribution in [0.1, 0.15) is 61.7 Å². The molecule has 0 radical (unpaired) electrons. The number of aliphatic hydroxyl groups is 1. The van der Waals surface area contributed by atoms with Gasteiger partial charge in [0, 0.05) is 37.2 Å². The van der Waals surface area contributed by atoms with Gasteiger partial charge in [-0.25, -0.2) is 13.5 Å². The monoisotopic (exact) mass is 710 g/mol. The van der Waals surface area contributed by atoms with Gasteiger partial charge in [0.25, 0.3) is 11.3 Å². The molecule has 0 saturated heterocycles. The summed E-state index contributed by atoms with van der Waals surface area (Å²) in [4.78, 5) is 30.4. The third-order valence-corrected chi connectivity index (χ3v) is 9.61. The van der Waals surface area contributed by atoms with E-state index in [9.17, 15) is 23.5 Å². The minimum atomic E-state index is -2.59. The van der Waals surface area contributed by atoms with E-state index in [2.05, 4.69) is 29.9 Å². The molecule has 48 heavy (non-hydrogen) atoms. The predicted octanol–water partition coefficient (Wildman–Crippen LogP) is 6.63. The van der Waals surface area contributed by atoms with E-state index < -0.39 is 17.2 Å². The second-order valence-electron chi connectivity index (χ2n) is 11.6. The number of nitrogens with zero attached hydrogens (tertiary/aromatic N) is 3. The lowest BCUT2D eigenvalue weighted by Crippen LogP contribution is -2.34. The highest BCUT2D eigenvalue weighted by Crippen LogP contribution is 2.33. The number of para-hydroxylation sites is 1. The fraction of sp³-hybridized carbons (Fsp3) is 0.361. The van der Waals surface area contributed by atoms with Gasteiger partial charge >= 0.3 is 0 Å². The Labute approximate surface area is 295 Å². The molecule has 4 aromatic rings. The zero-order chi connectivity index (χ0) is 34.5. The maximum absolute atomic E-state index is 13.3. The number of aryl methyl sites for hydroxylation is 1. The van der Waals surface area contributed by atoms with Crippen molar-refractivity contribution in [2.45, 2.75) is 65.0 Å². The van der Waals surface area contributed by atoms with Crippen LogP contribution in [0.4, 0.5) is 5.69 Å².